The highest BCUT2D eigenvalue weighted by molar-refractivity contribution is 5.86. The molecular weight excluding hydrogens is 302 g/mol. The Kier molecular flexibility index (Phi) is 4.64. The number of benzene rings is 1. The van der Waals surface area contributed by atoms with Crippen molar-refractivity contribution in [1.82, 2.24) is 10.2 Å². The first-order valence-corrected chi connectivity index (χ1v) is 8.14. The molecule has 3 rings (SSSR count). The number of rotatable bonds is 6. The van der Waals surface area contributed by atoms with Crippen LogP contribution in [0, 0.1) is 17.6 Å². The van der Waals surface area contributed by atoms with Crippen molar-refractivity contribution in [3.63, 3.8) is 0 Å². The highest BCUT2D eigenvalue weighted by Gasteiger charge is 2.42. The first kappa shape index (κ1) is 16.3. The maximum Gasteiger partial charge on any atom is 0.256 e. The molecule has 126 valence electrons. The highest BCUT2D eigenvalue weighted by Crippen LogP contribution is 2.28. The SMILES string of the molecule is O=C1N(Cc2ccc(F)c(F)c2)CCC[C@]1(O)CNCC1CC1. The molecule has 1 aromatic carbocycles. The lowest BCUT2D eigenvalue weighted by atomic mass is 9.91. The molecular formula is C17H22F2N2O2. The van der Waals surface area contributed by atoms with Gasteiger partial charge in [0.1, 0.15) is 0 Å². The molecule has 6 heteroatoms. The van der Waals surface area contributed by atoms with Gasteiger partial charge in [-0.3, -0.25) is 4.79 Å². The van der Waals surface area contributed by atoms with Crippen molar-refractivity contribution in [1.29, 1.82) is 0 Å². The molecule has 1 amide bonds. The summed E-state index contributed by atoms with van der Waals surface area (Å²) in [6.07, 6.45) is 3.54. The van der Waals surface area contributed by atoms with Crippen LogP contribution in [0.15, 0.2) is 18.2 Å². The maximum absolute atomic E-state index is 13.3. The van der Waals surface area contributed by atoms with Crippen LogP contribution in [-0.4, -0.2) is 41.1 Å². The second-order valence-corrected chi connectivity index (χ2v) is 6.68. The summed E-state index contributed by atoms with van der Waals surface area (Å²) < 4.78 is 26.3. The second kappa shape index (κ2) is 6.53. The van der Waals surface area contributed by atoms with Crippen LogP contribution in [0.5, 0.6) is 0 Å². The van der Waals surface area contributed by atoms with Crippen molar-refractivity contribution < 1.29 is 18.7 Å². The number of piperidine rings is 1. The third-order valence-corrected chi connectivity index (χ3v) is 4.61. The smallest absolute Gasteiger partial charge is 0.256 e. The van der Waals surface area contributed by atoms with E-state index in [4.69, 9.17) is 0 Å². The van der Waals surface area contributed by atoms with E-state index in [1.807, 2.05) is 0 Å². The molecule has 1 atom stereocenters. The molecule has 1 aliphatic carbocycles. The van der Waals surface area contributed by atoms with E-state index in [9.17, 15) is 18.7 Å². The number of carbonyl (C=O) groups excluding carboxylic acids is 1. The fourth-order valence-corrected chi connectivity index (χ4v) is 3.04. The van der Waals surface area contributed by atoms with Crippen LogP contribution in [0.2, 0.25) is 0 Å². The van der Waals surface area contributed by atoms with Crippen LogP contribution in [0.3, 0.4) is 0 Å². The molecule has 2 N–H and O–H groups in total. The van der Waals surface area contributed by atoms with Gasteiger partial charge in [-0.15, -0.1) is 0 Å². The van der Waals surface area contributed by atoms with E-state index in [-0.39, 0.29) is 19.0 Å². The third-order valence-electron chi connectivity index (χ3n) is 4.61. The Labute approximate surface area is 134 Å². The fraction of sp³-hybridized carbons (Fsp3) is 0.588. The average Bonchev–Trinajstić information content (AvgIpc) is 3.32. The predicted octanol–water partition coefficient (Wildman–Crippen LogP) is 1.82. The average molecular weight is 324 g/mol. The van der Waals surface area contributed by atoms with E-state index in [1.54, 1.807) is 0 Å². The van der Waals surface area contributed by atoms with E-state index in [1.165, 1.54) is 23.8 Å². The monoisotopic (exact) mass is 324 g/mol. The summed E-state index contributed by atoms with van der Waals surface area (Å²) in [4.78, 5) is 14.1. The molecule has 1 aliphatic heterocycles. The van der Waals surface area contributed by atoms with Crippen molar-refractivity contribution in [2.45, 2.75) is 37.8 Å². The Bertz CT molecular complexity index is 592. The fourth-order valence-electron chi connectivity index (χ4n) is 3.04. The number of likely N-dealkylation sites (tertiary alicyclic amines) is 1. The lowest BCUT2D eigenvalue weighted by molar-refractivity contribution is -0.157. The molecule has 2 aliphatic rings. The molecule has 2 fully saturated rings. The van der Waals surface area contributed by atoms with E-state index in [2.05, 4.69) is 5.32 Å². The highest BCUT2D eigenvalue weighted by atomic mass is 19.2. The molecule has 1 saturated carbocycles. The van der Waals surface area contributed by atoms with Gasteiger partial charge in [-0.1, -0.05) is 6.07 Å². The van der Waals surface area contributed by atoms with Gasteiger partial charge in [-0.2, -0.15) is 0 Å². The standard InChI is InChI=1S/C17H22F2N2O2/c18-14-5-4-13(8-15(14)19)10-21-7-1-6-17(23,16(21)22)11-20-9-12-2-3-12/h4-5,8,12,20,23H,1-3,6-7,9-11H2/t17-/m0/s1. The van der Waals surface area contributed by atoms with E-state index in [0.29, 0.717) is 30.9 Å². The largest absolute Gasteiger partial charge is 0.379 e. The predicted molar refractivity (Wildman–Crippen MR) is 81.6 cm³/mol. The summed E-state index contributed by atoms with van der Waals surface area (Å²) in [5.74, 6) is -1.49. The van der Waals surface area contributed by atoms with Crippen molar-refractivity contribution in [3.05, 3.63) is 35.4 Å². The summed E-state index contributed by atoms with van der Waals surface area (Å²) in [6.45, 7) is 1.78. The summed E-state index contributed by atoms with van der Waals surface area (Å²) in [5, 5.41) is 13.8. The number of amides is 1. The van der Waals surface area contributed by atoms with Crippen LogP contribution >= 0.6 is 0 Å². The van der Waals surface area contributed by atoms with Gasteiger partial charge >= 0.3 is 0 Å². The minimum Gasteiger partial charge on any atom is -0.379 e. The summed E-state index contributed by atoms with van der Waals surface area (Å²) in [5.41, 5.74) is -0.876. The lowest BCUT2D eigenvalue weighted by Crippen LogP contribution is -2.57. The van der Waals surface area contributed by atoms with Crippen LogP contribution in [0.25, 0.3) is 0 Å². The number of aliphatic hydroxyl groups is 1. The number of nitrogens with one attached hydrogen (secondary N) is 1. The summed E-state index contributed by atoms with van der Waals surface area (Å²) >= 11 is 0. The molecule has 0 spiro atoms. The molecule has 0 unspecified atom stereocenters. The minimum absolute atomic E-state index is 0.182. The van der Waals surface area contributed by atoms with Gasteiger partial charge < -0.3 is 15.3 Å². The summed E-state index contributed by atoms with van der Waals surface area (Å²) in [7, 11) is 0. The third kappa shape index (κ3) is 3.87. The molecule has 4 nitrogen and oxygen atoms in total. The number of hydrogen-bond acceptors (Lipinski definition) is 3. The maximum atomic E-state index is 13.3. The molecule has 1 heterocycles. The molecule has 23 heavy (non-hydrogen) atoms. The van der Waals surface area contributed by atoms with Crippen LogP contribution in [0.4, 0.5) is 8.78 Å². The Hall–Kier alpha value is -1.53. The van der Waals surface area contributed by atoms with Gasteiger partial charge in [-0.25, -0.2) is 8.78 Å². The van der Waals surface area contributed by atoms with Crippen LogP contribution < -0.4 is 5.32 Å². The van der Waals surface area contributed by atoms with E-state index < -0.39 is 17.2 Å². The zero-order chi connectivity index (χ0) is 16.4. The molecule has 0 aromatic heterocycles. The zero-order valence-corrected chi connectivity index (χ0v) is 13.0. The Morgan fingerprint density at radius 3 is 2.78 bits per heavy atom. The molecule has 1 saturated heterocycles. The van der Waals surface area contributed by atoms with Gasteiger partial charge in [0.15, 0.2) is 17.2 Å². The summed E-state index contributed by atoms with van der Waals surface area (Å²) in [6, 6.07) is 3.62. The van der Waals surface area contributed by atoms with Crippen molar-refractivity contribution in [3.8, 4) is 0 Å². The van der Waals surface area contributed by atoms with Gasteiger partial charge in [0.05, 0.1) is 0 Å². The van der Waals surface area contributed by atoms with Gasteiger partial charge in [0.25, 0.3) is 5.91 Å². The lowest BCUT2D eigenvalue weighted by Gasteiger charge is -2.38. The molecule has 0 radical (unpaired) electrons. The van der Waals surface area contributed by atoms with Crippen molar-refractivity contribution >= 4 is 5.91 Å². The van der Waals surface area contributed by atoms with Gasteiger partial charge in [-0.05, 0) is 55.8 Å². The Morgan fingerprint density at radius 1 is 1.30 bits per heavy atom. The molecule has 1 aromatic rings. The zero-order valence-electron chi connectivity index (χ0n) is 13.0. The Balaban J connectivity index is 1.62. The Morgan fingerprint density at radius 2 is 2.09 bits per heavy atom. The number of hydrogen-bond donors (Lipinski definition) is 2. The van der Waals surface area contributed by atoms with Gasteiger partial charge in [0, 0.05) is 19.6 Å². The first-order valence-electron chi connectivity index (χ1n) is 8.14. The normalized spacial score (nSPS) is 25.0. The van der Waals surface area contributed by atoms with Crippen molar-refractivity contribution in [2.75, 3.05) is 19.6 Å². The van der Waals surface area contributed by atoms with E-state index >= 15 is 0 Å². The quantitative estimate of drug-likeness (QED) is 0.839. The number of halogens is 2. The van der Waals surface area contributed by atoms with Crippen LogP contribution in [-0.2, 0) is 11.3 Å². The second-order valence-electron chi connectivity index (χ2n) is 6.68. The van der Waals surface area contributed by atoms with E-state index in [0.717, 1.165) is 18.7 Å². The van der Waals surface area contributed by atoms with Crippen molar-refractivity contribution in [2.24, 2.45) is 5.92 Å². The van der Waals surface area contributed by atoms with Crippen LogP contribution in [0.1, 0.15) is 31.2 Å². The van der Waals surface area contributed by atoms with Gasteiger partial charge in [0.2, 0.25) is 0 Å². The topological polar surface area (TPSA) is 52.6 Å². The minimum atomic E-state index is -1.40. The first-order chi connectivity index (χ1) is 11.0. The number of carbonyl (C=O) groups is 1. The molecule has 0 bridgehead atoms. The number of nitrogens with zero attached hydrogens (tertiary/aromatic N) is 1.